The van der Waals surface area contributed by atoms with Crippen LogP contribution in [0.25, 0.3) is 0 Å². The molecule has 0 aliphatic heterocycles. The van der Waals surface area contributed by atoms with E-state index >= 15 is 0 Å². The molecule has 3 aromatic carbocycles. The topological polar surface area (TPSA) is 84.5 Å². The van der Waals surface area contributed by atoms with E-state index in [1.54, 1.807) is 12.1 Å². The highest BCUT2D eigenvalue weighted by Crippen LogP contribution is 2.21. The molecule has 0 fully saturated rings. The Balaban J connectivity index is 1.53. The van der Waals surface area contributed by atoms with E-state index in [0.29, 0.717) is 17.1 Å². The highest BCUT2D eigenvalue weighted by molar-refractivity contribution is 7.92. The van der Waals surface area contributed by atoms with Gasteiger partial charge in [-0.3, -0.25) is 9.52 Å². The third-order valence-corrected chi connectivity index (χ3v) is 6.72. The zero-order chi connectivity index (χ0) is 23.8. The fourth-order valence-electron chi connectivity index (χ4n) is 3.22. The van der Waals surface area contributed by atoms with Gasteiger partial charge < -0.3 is 10.1 Å². The van der Waals surface area contributed by atoms with Crippen molar-refractivity contribution in [2.45, 2.75) is 44.9 Å². The van der Waals surface area contributed by atoms with Crippen LogP contribution < -0.4 is 14.8 Å². The number of sulfonamides is 1. The van der Waals surface area contributed by atoms with Crippen LogP contribution in [0.1, 0.15) is 36.5 Å². The standard InChI is InChI=1S/C26H30N2O4S/c1-4-5-6-21-8-11-22(12-9-21)27-26(29)18-32-24-13-15-25(16-14-24)33(30,31)28-23-10-7-19(2)20(3)17-23/h7-17,28H,4-6,18H2,1-3H3,(H,27,29). The Morgan fingerprint density at radius 2 is 1.55 bits per heavy atom. The van der Waals surface area contributed by atoms with Gasteiger partial charge in [-0.05, 0) is 91.9 Å². The second-order valence-electron chi connectivity index (χ2n) is 8.01. The van der Waals surface area contributed by atoms with E-state index in [-0.39, 0.29) is 17.4 Å². The average molecular weight is 467 g/mol. The van der Waals surface area contributed by atoms with Crippen molar-refractivity contribution in [2.24, 2.45) is 0 Å². The fraction of sp³-hybridized carbons (Fsp3) is 0.269. The lowest BCUT2D eigenvalue weighted by molar-refractivity contribution is -0.118. The van der Waals surface area contributed by atoms with E-state index in [4.69, 9.17) is 4.74 Å². The van der Waals surface area contributed by atoms with Crippen molar-refractivity contribution in [3.63, 3.8) is 0 Å². The summed E-state index contributed by atoms with van der Waals surface area (Å²) in [4.78, 5) is 12.3. The highest BCUT2D eigenvalue weighted by atomic mass is 32.2. The summed E-state index contributed by atoms with van der Waals surface area (Å²) in [5.74, 6) is 0.120. The molecular weight excluding hydrogens is 436 g/mol. The van der Waals surface area contributed by atoms with E-state index in [0.717, 1.165) is 30.4 Å². The normalized spacial score (nSPS) is 11.1. The van der Waals surface area contributed by atoms with Crippen LogP contribution in [0.15, 0.2) is 71.6 Å². The molecule has 0 aromatic heterocycles. The number of benzene rings is 3. The summed E-state index contributed by atoms with van der Waals surface area (Å²) in [6.45, 7) is 5.88. The summed E-state index contributed by atoms with van der Waals surface area (Å²) >= 11 is 0. The number of ether oxygens (including phenoxy) is 1. The molecule has 3 aromatic rings. The van der Waals surface area contributed by atoms with Gasteiger partial charge in [0.05, 0.1) is 4.90 Å². The first kappa shape index (κ1) is 24.3. The molecule has 3 rings (SSSR count). The van der Waals surface area contributed by atoms with Gasteiger partial charge in [-0.2, -0.15) is 0 Å². The first-order valence-corrected chi connectivity index (χ1v) is 12.5. The molecule has 0 saturated heterocycles. The summed E-state index contributed by atoms with van der Waals surface area (Å²) in [6.07, 6.45) is 3.31. The number of amides is 1. The van der Waals surface area contributed by atoms with E-state index < -0.39 is 10.0 Å². The minimum absolute atomic E-state index is 0.112. The van der Waals surface area contributed by atoms with Crippen molar-refractivity contribution in [2.75, 3.05) is 16.6 Å². The van der Waals surface area contributed by atoms with Crippen LogP contribution in [0.4, 0.5) is 11.4 Å². The molecule has 0 saturated carbocycles. The smallest absolute Gasteiger partial charge is 0.262 e. The van der Waals surface area contributed by atoms with Crippen LogP contribution in [0.5, 0.6) is 5.75 Å². The number of nitrogens with one attached hydrogen (secondary N) is 2. The second kappa shape index (κ2) is 11.0. The summed E-state index contributed by atoms with van der Waals surface area (Å²) in [6, 6.07) is 19.1. The van der Waals surface area contributed by atoms with Crippen LogP contribution in [0.2, 0.25) is 0 Å². The Hall–Kier alpha value is -3.32. The summed E-state index contributed by atoms with van der Waals surface area (Å²) in [7, 11) is -3.73. The quantitative estimate of drug-likeness (QED) is 0.415. The number of anilines is 2. The first-order chi connectivity index (χ1) is 15.8. The fourth-order valence-corrected chi connectivity index (χ4v) is 4.27. The van der Waals surface area contributed by atoms with E-state index in [2.05, 4.69) is 17.0 Å². The molecule has 1 amide bonds. The van der Waals surface area contributed by atoms with Gasteiger partial charge in [-0.25, -0.2) is 8.42 Å². The molecular formula is C26H30N2O4S. The van der Waals surface area contributed by atoms with Crippen molar-refractivity contribution in [3.05, 3.63) is 83.4 Å². The largest absolute Gasteiger partial charge is 0.484 e. The van der Waals surface area contributed by atoms with Gasteiger partial charge in [0.2, 0.25) is 0 Å². The first-order valence-electron chi connectivity index (χ1n) is 11.0. The minimum atomic E-state index is -3.73. The molecule has 7 heteroatoms. The predicted octanol–water partition coefficient (Wildman–Crippen LogP) is 5.46. The third kappa shape index (κ3) is 7.08. The zero-order valence-corrected chi connectivity index (χ0v) is 20.0. The van der Waals surface area contributed by atoms with Crippen molar-refractivity contribution in [1.82, 2.24) is 0 Å². The molecule has 0 atom stereocenters. The number of carbonyl (C=O) groups excluding carboxylic acids is 1. The zero-order valence-electron chi connectivity index (χ0n) is 19.2. The Kier molecular flexibility index (Phi) is 8.11. The Morgan fingerprint density at radius 3 is 2.18 bits per heavy atom. The van der Waals surface area contributed by atoms with E-state index in [1.807, 2.05) is 44.2 Å². The summed E-state index contributed by atoms with van der Waals surface area (Å²) in [5.41, 5.74) is 4.56. The van der Waals surface area contributed by atoms with E-state index in [1.165, 1.54) is 29.8 Å². The second-order valence-corrected chi connectivity index (χ2v) is 9.70. The van der Waals surface area contributed by atoms with Crippen molar-refractivity contribution < 1.29 is 17.9 Å². The monoisotopic (exact) mass is 466 g/mol. The number of carbonyl (C=O) groups is 1. The van der Waals surface area contributed by atoms with Crippen molar-refractivity contribution in [3.8, 4) is 5.75 Å². The lowest BCUT2D eigenvalue weighted by Gasteiger charge is -2.11. The minimum Gasteiger partial charge on any atom is -0.484 e. The van der Waals surface area contributed by atoms with Crippen molar-refractivity contribution in [1.29, 1.82) is 0 Å². The van der Waals surface area contributed by atoms with Gasteiger partial charge in [0.15, 0.2) is 6.61 Å². The molecule has 2 N–H and O–H groups in total. The van der Waals surface area contributed by atoms with Crippen LogP contribution in [0, 0.1) is 13.8 Å². The molecule has 0 heterocycles. The molecule has 174 valence electrons. The maximum Gasteiger partial charge on any atom is 0.262 e. The van der Waals surface area contributed by atoms with E-state index in [9.17, 15) is 13.2 Å². The average Bonchev–Trinajstić information content (AvgIpc) is 2.80. The Bertz CT molecular complexity index is 1190. The lowest BCUT2D eigenvalue weighted by Crippen LogP contribution is -2.20. The third-order valence-electron chi connectivity index (χ3n) is 5.32. The summed E-state index contributed by atoms with van der Waals surface area (Å²) < 4.78 is 33.4. The van der Waals surface area contributed by atoms with Gasteiger partial charge in [-0.1, -0.05) is 31.5 Å². The summed E-state index contributed by atoms with van der Waals surface area (Å²) in [5, 5.41) is 2.80. The van der Waals surface area contributed by atoms with Crippen LogP contribution in [-0.4, -0.2) is 20.9 Å². The number of aryl methyl sites for hydroxylation is 3. The van der Waals surface area contributed by atoms with Crippen LogP contribution in [0.3, 0.4) is 0 Å². The molecule has 0 aliphatic rings. The van der Waals surface area contributed by atoms with Gasteiger partial charge in [-0.15, -0.1) is 0 Å². The number of hydrogen-bond donors (Lipinski definition) is 2. The maximum absolute atomic E-state index is 12.6. The Morgan fingerprint density at radius 1 is 0.879 bits per heavy atom. The SMILES string of the molecule is CCCCc1ccc(NC(=O)COc2ccc(S(=O)(=O)Nc3ccc(C)c(C)c3)cc2)cc1. The molecule has 0 bridgehead atoms. The number of rotatable bonds is 10. The lowest BCUT2D eigenvalue weighted by atomic mass is 10.1. The van der Waals surface area contributed by atoms with Gasteiger partial charge in [0.25, 0.3) is 15.9 Å². The molecule has 0 unspecified atom stereocenters. The number of hydrogen-bond acceptors (Lipinski definition) is 4. The predicted molar refractivity (Wildman–Crippen MR) is 132 cm³/mol. The highest BCUT2D eigenvalue weighted by Gasteiger charge is 2.15. The molecule has 33 heavy (non-hydrogen) atoms. The number of unbranched alkanes of at least 4 members (excludes halogenated alkanes) is 1. The van der Waals surface area contributed by atoms with Crippen LogP contribution in [-0.2, 0) is 21.2 Å². The maximum atomic E-state index is 12.6. The molecule has 0 aliphatic carbocycles. The molecule has 0 spiro atoms. The Labute approximate surface area is 196 Å². The molecule has 6 nitrogen and oxygen atoms in total. The molecule has 0 radical (unpaired) electrons. The van der Waals surface area contributed by atoms with Crippen molar-refractivity contribution >= 4 is 27.3 Å². The van der Waals surface area contributed by atoms with Crippen LogP contribution >= 0.6 is 0 Å². The van der Waals surface area contributed by atoms with Gasteiger partial charge in [0.1, 0.15) is 5.75 Å². The van der Waals surface area contributed by atoms with Gasteiger partial charge in [0, 0.05) is 11.4 Å². The van der Waals surface area contributed by atoms with Gasteiger partial charge >= 0.3 is 0 Å².